The molecule has 0 saturated heterocycles. The first kappa shape index (κ1) is 43.4. The highest BCUT2D eigenvalue weighted by molar-refractivity contribution is 8.13. The van der Waals surface area contributed by atoms with Crippen molar-refractivity contribution in [3.05, 3.63) is 144 Å². The Bertz CT molecular complexity index is 2450. The number of nitrogens with two attached hydrogens (primary N) is 1. The summed E-state index contributed by atoms with van der Waals surface area (Å²) in [6.07, 6.45) is 9.54. The zero-order valence-corrected chi connectivity index (χ0v) is 34.0. The second kappa shape index (κ2) is 20.0. The van der Waals surface area contributed by atoms with E-state index in [1.54, 1.807) is 48.2 Å². The van der Waals surface area contributed by atoms with Gasteiger partial charge in [0.1, 0.15) is 11.5 Å². The van der Waals surface area contributed by atoms with Gasteiger partial charge in [-0.15, -0.1) is 23.5 Å². The number of nitrogens with zero attached hydrogens (tertiary/aromatic N) is 2. The Hall–Kier alpha value is -4.29. The first-order valence-corrected chi connectivity index (χ1v) is 22.2. The molecule has 0 amide bonds. The Morgan fingerprint density at radius 1 is 0.636 bits per heavy atom. The van der Waals surface area contributed by atoms with Crippen molar-refractivity contribution in [1.82, 2.24) is 9.97 Å². The highest BCUT2D eigenvalue weighted by Crippen LogP contribution is 2.30. The Morgan fingerprint density at radius 3 is 1.51 bits per heavy atom. The van der Waals surface area contributed by atoms with Crippen molar-refractivity contribution in [2.45, 2.75) is 19.6 Å². The standard InChI is InChI=1S/C18H14ClFN2O3S2.C11H8ClFN2O.C7H7ClO2S2/c1-26-15-3-5-16(6-4-15)27(23,24)22-13-2-7-18(17(20)9-13)25-14-8-12(19)10-21-11-14;12-7-3-9(6-15-5-7)16-11-2-1-8(14)4-10(11)13;1-11-6-2-4-7(5-3-6)12(8,9)10/h2-11,22H,1H3;1-6H,14H2;2-5H,1H3. The van der Waals surface area contributed by atoms with E-state index < -0.39 is 30.7 Å². The van der Waals surface area contributed by atoms with Gasteiger partial charge in [0.25, 0.3) is 19.1 Å². The number of ether oxygens (including phenoxy) is 2. The third-order valence-electron chi connectivity index (χ3n) is 6.67. The summed E-state index contributed by atoms with van der Waals surface area (Å²) in [6, 6.07) is 23.8. The molecule has 0 aliphatic heterocycles. The molecule has 4 aromatic carbocycles. The Morgan fingerprint density at radius 2 is 1.09 bits per heavy atom. The van der Waals surface area contributed by atoms with Gasteiger partial charge in [0, 0.05) is 62.8 Å². The molecule has 0 aliphatic rings. The fourth-order valence-corrected chi connectivity index (χ4v) is 7.07. The number of hydrogen-bond donors (Lipinski definition) is 2. The predicted octanol–water partition coefficient (Wildman–Crippen LogP) is 10.8. The van der Waals surface area contributed by atoms with Gasteiger partial charge in [-0.1, -0.05) is 23.2 Å². The number of hydrogen-bond acceptors (Lipinski definition) is 11. The molecular weight excluding hydrogens is 857 g/mol. The lowest BCUT2D eigenvalue weighted by Crippen LogP contribution is -2.13. The number of anilines is 2. The van der Waals surface area contributed by atoms with E-state index in [9.17, 15) is 25.6 Å². The second-order valence-corrected chi connectivity index (χ2v) is 17.5. The molecule has 0 bridgehead atoms. The molecule has 2 heterocycles. The molecule has 0 unspecified atom stereocenters. The SMILES string of the molecule is CSc1ccc(S(=O)(=O)Cl)cc1.CSc1ccc(S(=O)(=O)Nc2ccc(Oc3cncc(Cl)c3)c(F)c2)cc1.Nc1ccc(Oc2cncc(Cl)c2)c(F)c1. The summed E-state index contributed by atoms with van der Waals surface area (Å²) in [4.78, 5) is 9.86. The quantitative estimate of drug-likeness (QED) is 0.0768. The van der Waals surface area contributed by atoms with Gasteiger partial charge in [-0.2, -0.15) is 0 Å². The molecule has 288 valence electrons. The highest BCUT2D eigenvalue weighted by Gasteiger charge is 2.16. The number of nitrogens with one attached hydrogen (secondary N) is 1. The van der Waals surface area contributed by atoms with Crippen molar-refractivity contribution >= 4 is 87.9 Å². The van der Waals surface area contributed by atoms with E-state index in [4.69, 9.17) is 49.1 Å². The summed E-state index contributed by atoms with van der Waals surface area (Å²) in [5, 5.41) is 0.776. The van der Waals surface area contributed by atoms with E-state index in [1.165, 1.54) is 91.1 Å². The topological polar surface area (TPSA) is 151 Å². The minimum Gasteiger partial charge on any atom is -0.453 e. The van der Waals surface area contributed by atoms with Crippen LogP contribution in [0.15, 0.2) is 141 Å². The zero-order chi connectivity index (χ0) is 40.2. The lowest BCUT2D eigenvalue weighted by atomic mass is 10.3. The molecule has 6 rings (SSSR count). The normalized spacial score (nSPS) is 11.0. The van der Waals surface area contributed by atoms with E-state index in [0.29, 0.717) is 21.5 Å². The molecule has 0 fully saturated rings. The number of nitrogen functional groups attached to an aromatic ring is 1. The average molecular weight is 886 g/mol. The highest BCUT2D eigenvalue weighted by atomic mass is 35.7. The Labute approximate surface area is 339 Å². The van der Waals surface area contributed by atoms with E-state index in [0.717, 1.165) is 15.9 Å². The number of rotatable bonds is 10. The summed E-state index contributed by atoms with van der Waals surface area (Å²) < 4.78 is 87.1. The van der Waals surface area contributed by atoms with Crippen molar-refractivity contribution in [3.63, 3.8) is 0 Å². The van der Waals surface area contributed by atoms with Crippen LogP contribution in [0.25, 0.3) is 0 Å². The monoisotopic (exact) mass is 884 g/mol. The van der Waals surface area contributed by atoms with Crippen molar-refractivity contribution in [3.8, 4) is 23.0 Å². The van der Waals surface area contributed by atoms with Crippen molar-refractivity contribution in [2.75, 3.05) is 23.0 Å². The van der Waals surface area contributed by atoms with Crippen LogP contribution >= 0.6 is 57.4 Å². The van der Waals surface area contributed by atoms with Crippen LogP contribution in [0.1, 0.15) is 0 Å². The molecule has 10 nitrogen and oxygen atoms in total. The summed E-state index contributed by atoms with van der Waals surface area (Å²) >= 11 is 14.6. The van der Waals surface area contributed by atoms with Crippen LogP contribution in [0.2, 0.25) is 10.0 Å². The molecule has 2 aromatic heterocycles. The smallest absolute Gasteiger partial charge is 0.261 e. The molecule has 0 spiro atoms. The number of halogens is 5. The summed E-state index contributed by atoms with van der Waals surface area (Å²) in [5.74, 6) is -0.614. The Kier molecular flexibility index (Phi) is 15.8. The molecule has 0 saturated carbocycles. The lowest BCUT2D eigenvalue weighted by Gasteiger charge is -2.11. The van der Waals surface area contributed by atoms with Gasteiger partial charge >= 0.3 is 0 Å². The molecule has 0 radical (unpaired) electrons. The minimum absolute atomic E-state index is 0.0775. The minimum atomic E-state index is -3.83. The fraction of sp³-hybridized carbons (Fsp3) is 0.0556. The van der Waals surface area contributed by atoms with Gasteiger partial charge in [-0.3, -0.25) is 14.7 Å². The molecular formula is C36H29Cl3F2N4O6S4. The summed E-state index contributed by atoms with van der Waals surface area (Å²) in [7, 11) is -2.27. The molecule has 55 heavy (non-hydrogen) atoms. The molecule has 0 atom stereocenters. The van der Waals surface area contributed by atoms with Gasteiger partial charge in [-0.05, 0) is 85.3 Å². The van der Waals surface area contributed by atoms with Crippen LogP contribution in [-0.4, -0.2) is 39.3 Å². The number of benzene rings is 4. The third-order valence-corrected chi connectivity index (χ3v) is 11.3. The number of sulfonamides is 1. The molecule has 3 N–H and O–H groups in total. The summed E-state index contributed by atoms with van der Waals surface area (Å²) in [5.41, 5.74) is 5.84. The third kappa shape index (κ3) is 13.8. The van der Waals surface area contributed by atoms with Crippen LogP contribution in [0, 0.1) is 11.6 Å². The van der Waals surface area contributed by atoms with Crippen LogP contribution in [0.5, 0.6) is 23.0 Å². The van der Waals surface area contributed by atoms with Gasteiger partial charge in [0.15, 0.2) is 23.1 Å². The molecule has 0 aliphatic carbocycles. The van der Waals surface area contributed by atoms with Crippen molar-refractivity contribution < 1.29 is 35.1 Å². The van der Waals surface area contributed by atoms with Gasteiger partial charge in [-0.25, -0.2) is 25.6 Å². The van der Waals surface area contributed by atoms with Crippen LogP contribution < -0.4 is 19.9 Å². The predicted molar refractivity (Wildman–Crippen MR) is 216 cm³/mol. The maximum absolute atomic E-state index is 14.3. The average Bonchev–Trinajstić information content (AvgIpc) is 3.14. The van der Waals surface area contributed by atoms with Gasteiger partial charge in [0.05, 0.1) is 37.9 Å². The second-order valence-electron chi connectivity index (χ2n) is 10.6. The zero-order valence-electron chi connectivity index (χ0n) is 28.5. The number of thioether (sulfide) groups is 2. The lowest BCUT2D eigenvalue weighted by molar-refractivity contribution is 0.441. The summed E-state index contributed by atoms with van der Waals surface area (Å²) in [6.45, 7) is 0. The van der Waals surface area contributed by atoms with Crippen LogP contribution in [0.3, 0.4) is 0 Å². The van der Waals surface area contributed by atoms with Gasteiger partial charge < -0.3 is 15.2 Å². The maximum Gasteiger partial charge on any atom is 0.261 e. The van der Waals surface area contributed by atoms with E-state index >= 15 is 0 Å². The fourth-order valence-electron chi connectivity index (χ4n) is 4.10. The van der Waals surface area contributed by atoms with Crippen molar-refractivity contribution in [2.24, 2.45) is 0 Å². The van der Waals surface area contributed by atoms with E-state index in [2.05, 4.69) is 14.7 Å². The largest absolute Gasteiger partial charge is 0.453 e. The first-order valence-electron chi connectivity index (χ1n) is 15.2. The molecule has 6 aromatic rings. The Balaban J connectivity index is 0.000000203. The molecule has 19 heteroatoms. The van der Waals surface area contributed by atoms with E-state index in [1.807, 2.05) is 12.5 Å². The van der Waals surface area contributed by atoms with Gasteiger partial charge in [0.2, 0.25) is 0 Å². The number of pyridine rings is 2. The van der Waals surface area contributed by atoms with Crippen LogP contribution in [0.4, 0.5) is 20.2 Å². The van der Waals surface area contributed by atoms with E-state index in [-0.39, 0.29) is 32.7 Å². The van der Waals surface area contributed by atoms with Crippen LogP contribution in [-0.2, 0) is 19.1 Å². The maximum atomic E-state index is 14.3. The first-order chi connectivity index (χ1) is 26.1. The van der Waals surface area contributed by atoms with Crippen molar-refractivity contribution in [1.29, 1.82) is 0 Å². The number of aromatic nitrogens is 2.